The van der Waals surface area contributed by atoms with Crippen LogP contribution in [0.1, 0.15) is 34.6 Å². The van der Waals surface area contributed by atoms with Gasteiger partial charge in [0.25, 0.3) is 0 Å². The first-order valence-electron chi connectivity index (χ1n) is 7.32. The Morgan fingerprint density at radius 3 is 2.29 bits per heavy atom. The zero-order valence-electron chi connectivity index (χ0n) is 13.4. The fourth-order valence-corrected chi connectivity index (χ4v) is 2.45. The summed E-state index contributed by atoms with van der Waals surface area (Å²) in [4.78, 5) is 15.1. The molecule has 0 saturated carbocycles. The Labute approximate surface area is 124 Å². The monoisotopic (exact) mass is 309 g/mol. The van der Waals surface area contributed by atoms with Gasteiger partial charge in [0.15, 0.2) is 0 Å². The van der Waals surface area contributed by atoms with E-state index in [4.69, 9.17) is 4.74 Å². The van der Waals surface area contributed by atoms with Crippen LogP contribution in [0, 0.1) is 5.92 Å². The van der Waals surface area contributed by atoms with Gasteiger partial charge in [-0.3, -0.25) is 0 Å². The predicted octanol–water partition coefficient (Wildman–Crippen LogP) is 2.95. The molecule has 8 heteroatoms. The Hall–Kier alpha value is -0.915. The van der Waals surface area contributed by atoms with Crippen molar-refractivity contribution in [3.8, 4) is 0 Å². The lowest BCUT2D eigenvalue weighted by molar-refractivity contribution is -0.00795. The molecule has 0 spiro atoms. The zero-order chi connectivity index (χ0) is 16.4. The molecular formula is C13H25BF3N2O2-. The van der Waals surface area contributed by atoms with Crippen molar-refractivity contribution in [2.24, 2.45) is 5.92 Å². The molecule has 0 radical (unpaired) electrons. The Kier molecular flexibility index (Phi) is 5.58. The van der Waals surface area contributed by atoms with E-state index in [0.717, 1.165) is 0 Å². The van der Waals surface area contributed by atoms with Gasteiger partial charge in [-0.25, -0.2) is 4.79 Å². The van der Waals surface area contributed by atoms with E-state index in [2.05, 4.69) is 0 Å². The molecule has 1 saturated heterocycles. The molecule has 0 aromatic heterocycles. The largest absolute Gasteiger partial charge is 0.492 e. The van der Waals surface area contributed by atoms with Gasteiger partial charge < -0.3 is 27.5 Å². The van der Waals surface area contributed by atoms with E-state index in [9.17, 15) is 17.7 Å². The van der Waals surface area contributed by atoms with Crippen LogP contribution < -0.4 is 0 Å². The lowest BCUT2D eigenvalue weighted by Crippen LogP contribution is -2.59. The van der Waals surface area contributed by atoms with Gasteiger partial charge in [-0.1, -0.05) is 13.8 Å². The molecule has 1 heterocycles. The van der Waals surface area contributed by atoms with Crippen LogP contribution in [-0.4, -0.2) is 60.6 Å². The molecule has 1 aliphatic rings. The first-order chi connectivity index (χ1) is 9.39. The Morgan fingerprint density at radius 2 is 1.86 bits per heavy atom. The minimum atomic E-state index is -4.84. The molecular weight excluding hydrogens is 284 g/mol. The number of hydrogen-bond acceptors (Lipinski definition) is 3. The lowest BCUT2D eigenvalue weighted by atomic mass is 9.89. The molecule has 21 heavy (non-hydrogen) atoms. The van der Waals surface area contributed by atoms with E-state index in [1.807, 2.05) is 13.8 Å². The van der Waals surface area contributed by atoms with Crippen LogP contribution in [0.4, 0.5) is 17.7 Å². The van der Waals surface area contributed by atoms with Crippen LogP contribution in [0.5, 0.6) is 0 Å². The third-order valence-electron chi connectivity index (χ3n) is 3.37. The Balaban J connectivity index is 2.73. The summed E-state index contributed by atoms with van der Waals surface area (Å²) in [6.45, 7) is 5.03. The molecule has 1 rings (SSSR count). The van der Waals surface area contributed by atoms with Crippen LogP contribution in [0.2, 0.25) is 0 Å². The predicted molar refractivity (Wildman–Crippen MR) is 77.1 cm³/mol. The normalized spacial score (nSPS) is 21.8. The van der Waals surface area contributed by atoms with Crippen molar-refractivity contribution in [2.75, 3.05) is 26.1 Å². The van der Waals surface area contributed by atoms with Gasteiger partial charge in [0.1, 0.15) is 5.60 Å². The fourth-order valence-electron chi connectivity index (χ4n) is 2.45. The van der Waals surface area contributed by atoms with Gasteiger partial charge in [-0.05, 0) is 33.1 Å². The molecule has 0 aliphatic carbocycles. The van der Waals surface area contributed by atoms with Gasteiger partial charge in [0.2, 0.25) is 0 Å². The standard InChI is InChI=1S/C13H25BF3N2O2/c1-10(2)11-8-18(9-14(15,16)17)6-7-19(11)12(20)21-13(3,4)5/h10-11H,6-9H2,1-5H3/q-1/t11-/m1/s1. The van der Waals surface area contributed by atoms with Crippen LogP contribution in [-0.2, 0) is 4.74 Å². The zero-order valence-corrected chi connectivity index (χ0v) is 13.4. The highest BCUT2D eigenvalue weighted by molar-refractivity contribution is 6.58. The van der Waals surface area contributed by atoms with Crippen molar-refractivity contribution in [3.63, 3.8) is 0 Å². The number of carbonyl (C=O) groups excluding carboxylic acids is 1. The molecule has 124 valence electrons. The second kappa shape index (κ2) is 6.46. The van der Waals surface area contributed by atoms with E-state index >= 15 is 0 Å². The van der Waals surface area contributed by atoms with Gasteiger partial charge >= 0.3 is 13.1 Å². The van der Waals surface area contributed by atoms with Gasteiger partial charge in [0.05, 0.1) is 0 Å². The van der Waals surface area contributed by atoms with Crippen molar-refractivity contribution in [1.29, 1.82) is 0 Å². The van der Waals surface area contributed by atoms with Crippen LogP contribution in [0.15, 0.2) is 0 Å². The topological polar surface area (TPSA) is 32.8 Å². The first kappa shape index (κ1) is 18.1. The van der Waals surface area contributed by atoms with E-state index in [1.54, 1.807) is 25.7 Å². The summed E-state index contributed by atoms with van der Waals surface area (Å²) in [6.07, 6.45) is -1.32. The molecule has 1 aliphatic heterocycles. The summed E-state index contributed by atoms with van der Waals surface area (Å²) in [5.74, 6) is 0.0704. The van der Waals surface area contributed by atoms with Gasteiger partial charge in [-0.2, -0.15) is 0 Å². The summed E-state index contributed by atoms with van der Waals surface area (Å²) in [6, 6.07) is -0.258. The summed E-state index contributed by atoms with van der Waals surface area (Å²) < 4.78 is 43.0. The quantitative estimate of drug-likeness (QED) is 0.752. The van der Waals surface area contributed by atoms with Crippen molar-refractivity contribution in [1.82, 2.24) is 9.80 Å². The molecule has 0 aromatic rings. The maximum absolute atomic E-state index is 12.6. The lowest BCUT2D eigenvalue weighted by Gasteiger charge is -2.44. The summed E-state index contributed by atoms with van der Waals surface area (Å²) in [5.41, 5.74) is -0.606. The fraction of sp³-hybridized carbons (Fsp3) is 0.923. The third-order valence-corrected chi connectivity index (χ3v) is 3.37. The number of halogens is 3. The van der Waals surface area contributed by atoms with Crippen LogP contribution >= 0.6 is 0 Å². The number of rotatable bonds is 3. The maximum atomic E-state index is 12.6. The summed E-state index contributed by atoms with van der Waals surface area (Å²) in [5, 5.41) is 0. The van der Waals surface area contributed by atoms with Crippen LogP contribution in [0.25, 0.3) is 0 Å². The molecule has 0 bridgehead atoms. The SMILES string of the molecule is CC(C)[C@H]1CN(C[B-](F)(F)F)CCN1C(=O)OC(C)(C)C. The molecule has 1 atom stereocenters. The Morgan fingerprint density at radius 1 is 1.29 bits per heavy atom. The highest BCUT2D eigenvalue weighted by atomic mass is 19.4. The van der Waals surface area contributed by atoms with E-state index in [1.165, 1.54) is 4.90 Å². The third kappa shape index (κ3) is 6.15. The maximum Gasteiger partial charge on any atom is 0.492 e. The van der Waals surface area contributed by atoms with E-state index < -0.39 is 25.1 Å². The summed E-state index contributed by atoms with van der Waals surface area (Å²) >= 11 is 0. The van der Waals surface area contributed by atoms with Crippen LogP contribution in [0.3, 0.4) is 0 Å². The van der Waals surface area contributed by atoms with Gasteiger partial charge in [0, 0.05) is 25.7 Å². The average Bonchev–Trinajstić information content (AvgIpc) is 2.23. The smallest absolute Gasteiger partial charge is 0.448 e. The number of piperazine rings is 1. The molecule has 0 unspecified atom stereocenters. The number of carbonyl (C=O) groups is 1. The number of amides is 1. The highest BCUT2D eigenvalue weighted by Crippen LogP contribution is 2.22. The Bertz CT molecular complexity index is 369. The average molecular weight is 309 g/mol. The van der Waals surface area contributed by atoms with E-state index in [-0.39, 0.29) is 31.6 Å². The number of nitrogens with zero attached hydrogens (tertiary/aromatic N) is 2. The second-order valence-corrected chi connectivity index (χ2v) is 6.96. The van der Waals surface area contributed by atoms with Gasteiger partial charge in [-0.15, -0.1) is 0 Å². The van der Waals surface area contributed by atoms with Crippen molar-refractivity contribution >= 4 is 13.1 Å². The molecule has 0 aromatic carbocycles. The first-order valence-corrected chi connectivity index (χ1v) is 7.32. The van der Waals surface area contributed by atoms with Crippen molar-refractivity contribution < 1.29 is 22.5 Å². The summed E-state index contributed by atoms with van der Waals surface area (Å²) in [7, 11) is 0. The number of hydrogen-bond donors (Lipinski definition) is 0. The van der Waals surface area contributed by atoms with Crippen molar-refractivity contribution in [3.05, 3.63) is 0 Å². The minimum absolute atomic E-state index is 0.0704. The van der Waals surface area contributed by atoms with Crippen molar-refractivity contribution in [2.45, 2.75) is 46.3 Å². The molecule has 1 fully saturated rings. The van der Waals surface area contributed by atoms with E-state index in [0.29, 0.717) is 0 Å². The molecule has 0 N–H and O–H groups in total. The highest BCUT2D eigenvalue weighted by Gasteiger charge is 2.37. The number of ether oxygens (including phenoxy) is 1. The molecule has 4 nitrogen and oxygen atoms in total. The minimum Gasteiger partial charge on any atom is -0.448 e. The second-order valence-electron chi connectivity index (χ2n) is 6.96. The molecule has 1 amide bonds.